The molecule has 2 aromatic carbocycles. The summed E-state index contributed by atoms with van der Waals surface area (Å²) < 4.78 is 22.1. The minimum atomic E-state index is -3.59. The zero-order valence-electron chi connectivity index (χ0n) is 15.4. The maximum atomic E-state index is 12.2. The fourth-order valence-electron chi connectivity index (χ4n) is 2.54. The van der Waals surface area contributed by atoms with Gasteiger partial charge in [0.2, 0.25) is 10.0 Å². The molecule has 0 aliphatic carbocycles. The molecular formula is C19H26ClN3O3S. The predicted octanol–water partition coefficient (Wildman–Crippen LogP) is 2.45. The number of hydrogen-bond donors (Lipinski definition) is 3. The lowest BCUT2D eigenvalue weighted by Gasteiger charge is -2.15. The van der Waals surface area contributed by atoms with Crippen LogP contribution in [0.15, 0.2) is 48.5 Å². The normalized spacial score (nSPS) is 12.3. The standard InChI is InChI=1S/C19H25N3O3S.ClH/c1-13(2)15-7-9-16(10-8-15)18(20)11-22-19(23)17-5-3-14(4-6-17)12-26(21,24)25;/h3-10,13,18H,11-12,20H2,1-2H3,(H,22,23)(H2,21,24,25);1H. The van der Waals surface area contributed by atoms with Gasteiger partial charge in [0.25, 0.3) is 5.91 Å². The molecule has 2 rings (SSSR count). The molecule has 0 saturated heterocycles. The highest BCUT2D eigenvalue weighted by atomic mass is 35.5. The van der Waals surface area contributed by atoms with E-state index in [2.05, 4.69) is 19.2 Å². The Morgan fingerprint density at radius 2 is 1.52 bits per heavy atom. The number of sulfonamides is 1. The van der Waals surface area contributed by atoms with Crippen molar-refractivity contribution in [2.45, 2.75) is 31.6 Å². The molecule has 8 heteroatoms. The third-order valence-electron chi connectivity index (χ3n) is 4.10. The van der Waals surface area contributed by atoms with Crippen LogP contribution in [0.2, 0.25) is 0 Å². The van der Waals surface area contributed by atoms with Gasteiger partial charge in [0.1, 0.15) is 0 Å². The maximum Gasteiger partial charge on any atom is 0.251 e. The summed E-state index contributed by atoms with van der Waals surface area (Å²) in [6, 6.07) is 14.0. The molecule has 0 heterocycles. The summed E-state index contributed by atoms with van der Waals surface area (Å²) in [7, 11) is -3.59. The van der Waals surface area contributed by atoms with Gasteiger partial charge in [0, 0.05) is 18.2 Å². The lowest BCUT2D eigenvalue weighted by Crippen LogP contribution is -2.31. The van der Waals surface area contributed by atoms with Crippen LogP contribution in [-0.2, 0) is 15.8 Å². The van der Waals surface area contributed by atoms with Gasteiger partial charge in [-0.05, 0) is 34.7 Å². The lowest BCUT2D eigenvalue weighted by molar-refractivity contribution is 0.0951. The van der Waals surface area contributed by atoms with Gasteiger partial charge in [-0.25, -0.2) is 13.6 Å². The van der Waals surface area contributed by atoms with Gasteiger partial charge in [-0.1, -0.05) is 50.2 Å². The number of carbonyl (C=O) groups excluding carboxylic acids is 1. The van der Waals surface area contributed by atoms with E-state index >= 15 is 0 Å². The van der Waals surface area contributed by atoms with Crippen LogP contribution in [0.25, 0.3) is 0 Å². The SMILES string of the molecule is CC(C)c1ccc(C(N)CNC(=O)c2ccc(CS(N)(=O)=O)cc2)cc1.Cl. The number of halogens is 1. The summed E-state index contributed by atoms with van der Waals surface area (Å²) in [5.74, 6) is -0.0646. The molecule has 0 radical (unpaired) electrons. The van der Waals surface area contributed by atoms with Gasteiger partial charge in [-0.3, -0.25) is 4.79 Å². The summed E-state index contributed by atoms with van der Waals surface area (Å²) in [6.07, 6.45) is 0. The van der Waals surface area contributed by atoms with Crippen LogP contribution in [-0.4, -0.2) is 20.9 Å². The zero-order chi connectivity index (χ0) is 19.3. The minimum Gasteiger partial charge on any atom is -0.350 e. The van der Waals surface area contributed by atoms with Gasteiger partial charge >= 0.3 is 0 Å². The first-order valence-corrected chi connectivity index (χ1v) is 10.1. The van der Waals surface area contributed by atoms with Crippen LogP contribution >= 0.6 is 12.4 Å². The molecule has 1 atom stereocenters. The molecule has 0 bridgehead atoms. The summed E-state index contributed by atoms with van der Waals surface area (Å²) in [4.78, 5) is 12.2. The van der Waals surface area contributed by atoms with E-state index < -0.39 is 10.0 Å². The Balaban J connectivity index is 0.00000364. The van der Waals surface area contributed by atoms with Gasteiger partial charge in [-0.15, -0.1) is 12.4 Å². The molecular weight excluding hydrogens is 386 g/mol. The number of amides is 1. The third kappa shape index (κ3) is 7.30. The van der Waals surface area contributed by atoms with Crippen LogP contribution < -0.4 is 16.2 Å². The molecule has 2 aromatic rings. The number of primary sulfonamides is 1. The summed E-state index contributed by atoms with van der Waals surface area (Å²) in [6.45, 7) is 4.56. The van der Waals surface area contributed by atoms with Crippen LogP contribution in [0, 0.1) is 0 Å². The second-order valence-corrected chi connectivity index (χ2v) is 8.26. The van der Waals surface area contributed by atoms with Crippen molar-refractivity contribution in [3.05, 3.63) is 70.8 Å². The fourth-order valence-corrected chi connectivity index (χ4v) is 3.19. The molecule has 0 aliphatic heterocycles. The van der Waals surface area contributed by atoms with Gasteiger partial charge in [-0.2, -0.15) is 0 Å². The average Bonchev–Trinajstić information content (AvgIpc) is 2.58. The molecule has 1 unspecified atom stereocenters. The largest absolute Gasteiger partial charge is 0.350 e. The molecule has 1 amide bonds. The Bertz CT molecular complexity index is 851. The number of nitrogens with one attached hydrogen (secondary N) is 1. The van der Waals surface area contributed by atoms with Crippen molar-refractivity contribution in [2.75, 3.05) is 6.54 Å². The van der Waals surface area contributed by atoms with E-state index in [1.807, 2.05) is 24.3 Å². The quantitative estimate of drug-likeness (QED) is 0.648. The van der Waals surface area contributed by atoms with Crippen LogP contribution in [0.3, 0.4) is 0 Å². The number of carbonyl (C=O) groups is 1. The molecule has 0 saturated carbocycles. The van der Waals surface area contributed by atoms with E-state index in [0.29, 0.717) is 23.6 Å². The summed E-state index contributed by atoms with van der Waals surface area (Å²) in [5, 5.41) is 7.80. The number of nitrogens with two attached hydrogens (primary N) is 2. The highest BCUT2D eigenvalue weighted by Crippen LogP contribution is 2.17. The van der Waals surface area contributed by atoms with Crippen molar-refractivity contribution in [1.29, 1.82) is 0 Å². The van der Waals surface area contributed by atoms with Crippen LogP contribution in [0.1, 0.15) is 52.9 Å². The second kappa shape index (κ2) is 9.85. The summed E-state index contributed by atoms with van der Waals surface area (Å²) in [5.41, 5.74) is 9.31. The third-order valence-corrected chi connectivity index (χ3v) is 4.83. The van der Waals surface area contributed by atoms with Crippen molar-refractivity contribution in [1.82, 2.24) is 5.32 Å². The highest BCUT2D eigenvalue weighted by molar-refractivity contribution is 7.88. The van der Waals surface area contributed by atoms with E-state index in [0.717, 1.165) is 5.56 Å². The molecule has 0 aliphatic rings. The molecule has 6 nitrogen and oxygen atoms in total. The van der Waals surface area contributed by atoms with E-state index in [-0.39, 0.29) is 30.1 Å². The Hall–Kier alpha value is -1.93. The lowest BCUT2D eigenvalue weighted by atomic mass is 9.99. The Labute approximate surface area is 166 Å². The van der Waals surface area contributed by atoms with E-state index in [1.54, 1.807) is 24.3 Å². The first-order valence-electron chi connectivity index (χ1n) is 8.39. The van der Waals surface area contributed by atoms with Gasteiger partial charge < -0.3 is 11.1 Å². The van der Waals surface area contributed by atoms with Crippen molar-refractivity contribution in [3.8, 4) is 0 Å². The van der Waals surface area contributed by atoms with E-state index in [1.165, 1.54) is 5.56 Å². The van der Waals surface area contributed by atoms with Gasteiger partial charge in [0.05, 0.1) is 5.75 Å². The van der Waals surface area contributed by atoms with Crippen molar-refractivity contribution in [3.63, 3.8) is 0 Å². The predicted molar refractivity (Wildman–Crippen MR) is 110 cm³/mol. The smallest absolute Gasteiger partial charge is 0.251 e. The molecule has 0 aromatic heterocycles. The summed E-state index contributed by atoms with van der Waals surface area (Å²) >= 11 is 0. The maximum absolute atomic E-state index is 12.2. The molecule has 27 heavy (non-hydrogen) atoms. The molecule has 0 fully saturated rings. The molecule has 0 spiro atoms. The van der Waals surface area contributed by atoms with Crippen molar-refractivity contribution in [2.24, 2.45) is 10.9 Å². The van der Waals surface area contributed by atoms with Crippen molar-refractivity contribution < 1.29 is 13.2 Å². The number of rotatable bonds is 7. The number of benzene rings is 2. The Morgan fingerprint density at radius 3 is 2.00 bits per heavy atom. The Kier molecular flexibility index (Phi) is 8.43. The van der Waals surface area contributed by atoms with Gasteiger partial charge in [0.15, 0.2) is 0 Å². The monoisotopic (exact) mass is 411 g/mol. The minimum absolute atomic E-state index is 0. The average molecular weight is 412 g/mol. The van der Waals surface area contributed by atoms with Crippen LogP contribution in [0.5, 0.6) is 0 Å². The van der Waals surface area contributed by atoms with Crippen LogP contribution in [0.4, 0.5) is 0 Å². The first kappa shape index (κ1) is 23.1. The topological polar surface area (TPSA) is 115 Å². The zero-order valence-corrected chi connectivity index (χ0v) is 17.0. The Morgan fingerprint density at radius 1 is 1.00 bits per heavy atom. The number of hydrogen-bond acceptors (Lipinski definition) is 4. The van der Waals surface area contributed by atoms with Crippen molar-refractivity contribution >= 4 is 28.3 Å². The van der Waals surface area contributed by atoms with E-state index in [4.69, 9.17) is 10.9 Å². The second-order valence-electron chi connectivity index (χ2n) is 6.64. The molecule has 5 N–H and O–H groups in total. The highest BCUT2D eigenvalue weighted by Gasteiger charge is 2.11. The molecule has 148 valence electrons. The fraction of sp³-hybridized carbons (Fsp3) is 0.316. The first-order chi connectivity index (χ1) is 12.2. The van der Waals surface area contributed by atoms with E-state index in [9.17, 15) is 13.2 Å².